The van der Waals surface area contributed by atoms with Crippen LogP contribution >= 0.6 is 0 Å². The van der Waals surface area contributed by atoms with Crippen molar-refractivity contribution in [2.75, 3.05) is 0 Å². The van der Waals surface area contributed by atoms with E-state index in [9.17, 15) is 8.78 Å². The first-order valence-corrected chi connectivity index (χ1v) is 4.65. The van der Waals surface area contributed by atoms with Gasteiger partial charge >= 0.3 is 0 Å². The van der Waals surface area contributed by atoms with Crippen LogP contribution in [-0.4, -0.2) is 10.3 Å². The quantitative estimate of drug-likeness (QED) is 0.853. The normalized spacial score (nSPS) is 10.8. The minimum absolute atomic E-state index is 0.0131. The van der Waals surface area contributed by atoms with Gasteiger partial charge in [-0.1, -0.05) is 11.2 Å². The zero-order valence-corrected chi connectivity index (χ0v) is 8.50. The Morgan fingerprint density at radius 2 is 2.12 bits per heavy atom. The second-order valence-corrected chi connectivity index (χ2v) is 3.33. The average molecular weight is 225 g/mol. The minimum atomic E-state index is -0.995. The summed E-state index contributed by atoms with van der Waals surface area (Å²) in [6.07, 6.45) is 0. The number of hydrogen-bond donors (Lipinski definition) is 1. The van der Waals surface area contributed by atoms with Crippen molar-refractivity contribution >= 4 is 0 Å². The lowest BCUT2D eigenvalue weighted by atomic mass is 10.1. The van der Waals surface area contributed by atoms with Crippen LogP contribution in [-0.2, 0) is 6.61 Å². The summed E-state index contributed by atoms with van der Waals surface area (Å²) in [4.78, 5) is 0. The Morgan fingerprint density at radius 1 is 1.38 bits per heavy atom. The van der Waals surface area contributed by atoms with Gasteiger partial charge in [-0.25, -0.2) is 8.78 Å². The molecule has 84 valence electrons. The summed E-state index contributed by atoms with van der Waals surface area (Å²) in [6, 6.07) is 3.78. The first-order chi connectivity index (χ1) is 7.65. The Bertz CT molecular complexity index is 523. The maximum Gasteiger partial charge on any atom is 0.168 e. The van der Waals surface area contributed by atoms with E-state index in [2.05, 4.69) is 5.16 Å². The molecule has 0 amide bonds. The van der Waals surface area contributed by atoms with Crippen LogP contribution < -0.4 is 0 Å². The summed E-state index contributed by atoms with van der Waals surface area (Å²) >= 11 is 0. The average Bonchev–Trinajstić information content (AvgIpc) is 2.63. The molecule has 0 spiro atoms. The van der Waals surface area contributed by atoms with Crippen LogP contribution in [0.15, 0.2) is 22.7 Å². The Morgan fingerprint density at radius 3 is 2.81 bits per heavy atom. The maximum absolute atomic E-state index is 13.5. The number of aliphatic hydroxyl groups is 1. The standard InChI is InChI=1S/C11H9F2NO2/c1-6-8(5-15)11(14-16-6)7-3-2-4-9(12)10(7)13/h2-4,15H,5H2,1H3. The molecule has 2 rings (SSSR count). The van der Waals surface area contributed by atoms with Gasteiger partial charge in [0.2, 0.25) is 0 Å². The van der Waals surface area contributed by atoms with Crippen molar-refractivity contribution in [3.05, 3.63) is 41.2 Å². The summed E-state index contributed by atoms with van der Waals surface area (Å²) in [5.41, 5.74) is 0.488. The topological polar surface area (TPSA) is 46.3 Å². The van der Waals surface area contributed by atoms with E-state index in [1.807, 2.05) is 0 Å². The fraction of sp³-hybridized carbons (Fsp3) is 0.182. The van der Waals surface area contributed by atoms with Crippen LogP contribution in [0.2, 0.25) is 0 Å². The monoisotopic (exact) mass is 225 g/mol. The highest BCUT2D eigenvalue weighted by Crippen LogP contribution is 2.28. The van der Waals surface area contributed by atoms with Crippen LogP contribution in [0.25, 0.3) is 11.3 Å². The molecule has 3 nitrogen and oxygen atoms in total. The van der Waals surface area contributed by atoms with E-state index < -0.39 is 11.6 Å². The van der Waals surface area contributed by atoms with Gasteiger partial charge in [0.15, 0.2) is 11.6 Å². The highest BCUT2D eigenvalue weighted by molar-refractivity contribution is 5.63. The van der Waals surface area contributed by atoms with Gasteiger partial charge in [0.05, 0.1) is 6.61 Å². The van der Waals surface area contributed by atoms with Crippen LogP contribution in [0.5, 0.6) is 0 Å². The zero-order chi connectivity index (χ0) is 11.7. The van der Waals surface area contributed by atoms with E-state index in [1.165, 1.54) is 12.1 Å². The molecule has 0 bridgehead atoms. The molecule has 5 heteroatoms. The van der Waals surface area contributed by atoms with Crippen molar-refractivity contribution in [2.24, 2.45) is 0 Å². The maximum atomic E-state index is 13.5. The van der Waals surface area contributed by atoms with Crippen molar-refractivity contribution in [1.82, 2.24) is 5.16 Å². The molecule has 1 aromatic carbocycles. The molecule has 0 saturated carbocycles. The number of aliphatic hydroxyl groups excluding tert-OH is 1. The molecule has 0 unspecified atom stereocenters. The largest absolute Gasteiger partial charge is 0.391 e. The van der Waals surface area contributed by atoms with E-state index in [-0.39, 0.29) is 17.9 Å². The van der Waals surface area contributed by atoms with E-state index in [4.69, 9.17) is 9.63 Å². The van der Waals surface area contributed by atoms with Gasteiger partial charge in [0, 0.05) is 11.1 Å². The fourth-order valence-electron chi connectivity index (χ4n) is 1.48. The molecule has 0 saturated heterocycles. The predicted octanol–water partition coefficient (Wildman–Crippen LogP) is 2.42. The lowest BCUT2D eigenvalue weighted by Crippen LogP contribution is -1.93. The van der Waals surface area contributed by atoms with E-state index in [1.54, 1.807) is 6.92 Å². The first-order valence-electron chi connectivity index (χ1n) is 4.65. The summed E-state index contributed by atoms with van der Waals surface area (Å²) in [6.45, 7) is 1.26. The molecule has 16 heavy (non-hydrogen) atoms. The molecule has 0 aliphatic rings. The van der Waals surface area contributed by atoms with E-state index >= 15 is 0 Å². The summed E-state index contributed by atoms with van der Waals surface area (Å²) in [5.74, 6) is -1.56. The molecule has 1 aromatic heterocycles. The van der Waals surface area contributed by atoms with Crippen LogP contribution in [0.4, 0.5) is 8.78 Å². The van der Waals surface area contributed by atoms with Crippen molar-refractivity contribution in [3.8, 4) is 11.3 Å². The van der Waals surface area contributed by atoms with Crippen molar-refractivity contribution in [1.29, 1.82) is 0 Å². The molecule has 0 atom stereocenters. The lowest BCUT2D eigenvalue weighted by Gasteiger charge is -2.01. The predicted molar refractivity (Wildman–Crippen MR) is 52.5 cm³/mol. The smallest absolute Gasteiger partial charge is 0.168 e. The Hall–Kier alpha value is -1.75. The van der Waals surface area contributed by atoms with Gasteiger partial charge in [-0.3, -0.25) is 0 Å². The summed E-state index contributed by atoms with van der Waals surface area (Å²) in [5, 5.41) is 12.7. The number of hydrogen-bond acceptors (Lipinski definition) is 3. The van der Waals surface area contributed by atoms with Gasteiger partial charge in [-0.15, -0.1) is 0 Å². The number of rotatable bonds is 2. The molecule has 0 fully saturated rings. The molecular weight excluding hydrogens is 216 g/mol. The lowest BCUT2D eigenvalue weighted by molar-refractivity contribution is 0.278. The molecule has 0 aliphatic heterocycles. The molecule has 0 radical (unpaired) electrons. The highest BCUT2D eigenvalue weighted by Gasteiger charge is 2.18. The van der Waals surface area contributed by atoms with Crippen LogP contribution in [0.1, 0.15) is 11.3 Å². The second-order valence-electron chi connectivity index (χ2n) is 3.33. The van der Waals surface area contributed by atoms with E-state index in [0.29, 0.717) is 11.3 Å². The van der Waals surface area contributed by atoms with Gasteiger partial charge in [0.1, 0.15) is 11.5 Å². The number of halogens is 2. The first kappa shape index (κ1) is 10.8. The van der Waals surface area contributed by atoms with Crippen LogP contribution in [0, 0.1) is 18.6 Å². The Balaban J connectivity index is 2.63. The fourth-order valence-corrected chi connectivity index (χ4v) is 1.48. The Labute approximate surface area is 90.3 Å². The third kappa shape index (κ3) is 1.59. The van der Waals surface area contributed by atoms with Crippen molar-refractivity contribution in [3.63, 3.8) is 0 Å². The summed E-state index contributed by atoms with van der Waals surface area (Å²) < 4.78 is 31.3. The van der Waals surface area contributed by atoms with Gasteiger partial charge < -0.3 is 9.63 Å². The van der Waals surface area contributed by atoms with Gasteiger partial charge in [-0.05, 0) is 19.1 Å². The zero-order valence-electron chi connectivity index (χ0n) is 8.50. The third-order valence-electron chi connectivity index (χ3n) is 2.35. The van der Waals surface area contributed by atoms with Gasteiger partial charge in [-0.2, -0.15) is 0 Å². The SMILES string of the molecule is Cc1onc(-c2cccc(F)c2F)c1CO. The molecule has 1 heterocycles. The second kappa shape index (κ2) is 4.02. The number of nitrogens with zero attached hydrogens (tertiary/aromatic N) is 1. The Kier molecular flexibility index (Phi) is 2.70. The third-order valence-corrected chi connectivity index (χ3v) is 2.35. The summed E-state index contributed by atoms with van der Waals surface area (Å²) in [7, 11) is 0. The van der Waals surface area contributed by atoms with Gasteiger partial charge in [0.25, 0.3) is 0 Å². The number of aryl methyl sites for hydroxylation is 1. The minimum Gasteiger partial charge on any atom is -0.391 e. The molecule has 2 aromatic rings. The molecule has 1 N–H and O–H groups in total. The number of benzene rings is 1. The van der Waals surface area contributed by atoms with Crippen molar-refractivity contribution in [2.45, 2.75) is 13.5 Å². The molecule has 0 aliphatic carbocycles. The molecular formula is C11H9F2NO2. The van der Waals surface area contributed by atoms with Crippen LogP contribution in [0.3, 0.4) is 0 Å². The van der Waals surface area contributed by atoms with Crippen molar-refractivity contribution < 1.29 is 18.4 Å². The highest BCUT2D eigenvalue weighted by atomic mass is 19.2. The van der Waals surface area contributed by atoms with E-state index in [0.717, 1.165) is 6.07 Å². The number of aromatic nitrogens is 1.